The Kier molecular flexibility index (Phi) is 4.70. The second-order valence-corrected chi connectivity index (χ2v) is 7.83. The van der Waals surface area contributed by atoms with Gasteiger partial charge in [-0.05, 0) is 58.1 Å². The van der Waals surface area contributed by atoms with Crippen molar-refractivity contribution in [3.8, 4) is 0 Å². The maximum absolute atomic E-state index is 12.3. The van der Waals surface area contributed by atoms with E-state index < -0.39 is 16.0 Å². The minimum absolute atomic E-state index is 0.207. The number of rotatable bonds is 4. The molecule has 1 aromatic carbocycles. The van der Waals surface area contributed by atoms with E-state index in [1.54, 1.807) is 30.5 Å². The van der Waals surface area contributed by atoms with Gasteiger partial charge in [-0.3, -0.25) is 4.72 Å². The fourth-order valence-corrected chi connectivity index (χ4v) is 5.16. The molecule has 8 heteroatoms. The number of carbonyl (C=O) groups is 1. The van der Waals surface area contributed by atoms with Crippen molar-refractivity contribution in [2.24, 2.45) is 0 Å². The molecule has 5 nitrogen and oxygen atoms in total. The summed E-state index contributed by atoms with van der Waals surface area (Å²) in [5, 5.41) is 1.69. The molecule has 0 bridgehead atoms. The van der Waals surface area contributed by atoms with Crippen LogP contribution in [0.5, 0.6) is 0 Å². The Morgan fingerprint density at radius 1 is 1.33 bits per heavy atom. The number of ether oxygens (including phenoxy) is 1. The van der Waals surface area contributed by atoms with E-state index in [1.165, 1.54) is 13.2 Å². The van der Waals surface area contributed by atoms with Crippen LogP contribution in [0.3, 0.4) is 0 Å². The molecule has 21 heavy (non-hydrogen) atoms. The van der Waals surface area contributed by atoms with Crippen molar-refractivity contribution in [1.82, 2.24) is 0 Å². The number of sulfonamides is 1. The summed E-state index contributed by atoms with van der Waals surface area (Å²) in [7, 11) is -2.36. The Bertz CT molecular complexity index is 783. The van der Waals surface area contributed by atoms with Crippen LogP contribution < -0.4 is 4.72 Å². The van der Waals surface area contributed by atoms with Crippen molar-refractivity contribution in [1.29, 1.82) is 0 Å². The fraction of sp³-hybridized carbons (Fsp3) is 0.154. The van der Waals surface area contributed by atoms with Gasteiger partial charge in [0.25, 0.3) is 10.0 Å². The SMILES string of the molecule is COC(=O)c1ccc(NS(=O)(=O)c2sccc2Br)c(C)c1. The molecule has 0 atom stereocenters. The van der Waals surface area contributed by atoms with Crippen LogP contribution in [0.1, 0.15) is 15.9 Å². The molecule has 2 rings (SSSR count). The third kappa shape index (κ3) is 3.45. The summed E-state index contributed by atoms with van der Waals surface area (Å²) in [5.41, 5.74) is 1.42. The van der Waals surface area contributed by atoms with Crippen LogP contribution in [0.15, 0.2) is 38.3 Å². The molecule has 0 radical (unpaired) electrons. The van der Waals surface area contributed by atoms with Crippen LogP contribution in [0.2, 0.25) is 0 Å². The van der Waals surface area contributed by atoms with Gasteiger partial charge in [0, 0.05) is 4.47 Å². The normalized spacial score (nSPS) is 11.2. The number of nitrogens with one attached hydrogen (secondary N) is 1. The van der Waals surface area contributed by atoms with E-state index in [0.29, 0.717) is 21.3 Å². The first-order valence-electron chi connectivity index (χ1n) is 5.80. The molecular formula is C13H12BrNO4S2. The molecule has 0 amide bonds. The topological polar surface area (TPSA) is 72.5 Å². The van der Waals surface area contributed by atoms with Crippen molar-refractivity contribution in [2.45, 2.75) is 11.1 Å². The monoisotopic (exact) mass is 389 g/mol. The summed E-state index contributed by atoms with van der Waals surface area (Å²) in [6.45, 7) is 1.72. The van der Waals surface area contributed by atoms with Crippen LogP contribution >= 0.6 is 27.3 Å². The molecule has 0 saturated carbocycles. The smallest absolute Gasteiger partial charge is 0.337 e. The maximum atomic E-state index is 12.3. The number of hydrogen-bond donors (Lipinski definition) is 1. The molecule has 0 aliphatic rings. The van der Waals surface area contributed by atoms with E-state index in [9.17, 15) is 13.2 Å². The highest BCUT2D eigenvalue weighted by atomic mass is 79.9. The number of esters is 1. The second-order valence-electron chi connectivity index (χ2n) is 4.18. The molecule has 0 aliphatic carbocycles. The summed E-state index contributed by atoms with van der Waals surface area (Å²) in [4.78, 5) is 11.4. The Hall–Kier alpha value is -1.38. The highest BCUT2D eigenvalue weighted by Gasteiger charge is 2.20. The molecule has 1 aromatic heterocycles. The number of halogens is 1. The lowest BCUT2D eigenvalue weighted by Crippen LogP contribution is -2.13. The highest BCUT2D eigenvalue weighted by molar-refractivity contribution is 9.10. The first-order valence-corrected chi connectivity index (χ1v) is 8.95. The quantitative estimate of drug-likeness (QED) is 0.813. The maximum Gasteiger partial charge on any atom is 0.337 e. The minimum atomic E-state index is -3.66. The number of methoxy groups -OCH3 is 1. The van der Waals surface area contributed by atoms with Gasteiger partial charge in [-0.1, -0.05) is 0 Å². The van der Waals surface area contributed by atoms with E-state index in [-0.39, 0.29) is 4.21 Å². The average molecular weight is 390 g/mol. The lowest BCUT2D eigenvalue weighted by molar-refractivity contribution is 0.0600. The van der Waals surface area contributed by atoms with Crippen LogP contribution in [0.4, 0.5) is 5.69 Å². The fourth-order valence-electron chi connectivity index (χ4n) is 1.69. The van der Waals surface area contributed by atoms with Gasteiger partial charge in [0.2, 0.25) is 0 Å². The van der Waals surface area contributed by atoms with Gasteiger partial charge in [0.15, 0.2) is 4.21 Å². The predicted octanol–water partition coefficient (Wildman–Crippen LogP) is 3.41. The zero-order chi connectivity index (χ0) is 15.6. The number of thiophene rings is 1. The van der Waals surface area contributed by atoms with Crippen LogP contribution in [0.25, 0.3) is 0 Å². The Labute approximate surface area is 135 Å². The summed E-state index contributed by atoms with van der Waals surface area (Å²) in [5.74, 6) is -0.464. The van der Waals surface area contributed by atoms with Gasteiger partial charge in [0.05, 0.1) is 18.4 Å². The van der Waals surface area contributed by atoms with Crippen molar-refractivity contribution in [3.05, 3.63) is 45.2 Å². The summed E-state index contributed by atoms with van der Waals surface area (Å²) < 4.78 is 32.4. The van der Waals surface area contributed by atoms with Crippen molar-refractivity contribution in [2.75, 3.05) is 11.8 Å². The van der Waals surface area contributed by atoms with Crippen LogP contribution in [-0.4, -0.2) is 21.5 Å². The molecule has 1 heterocycles. The Balaban J connectivity index is 2.32. The summed E-state index contributed by atoms with van der Waals surface area (Å²) in [6.07, 6.45) is 0. The first kappa shape index (κ1) is 16.0. The van der Waals surface area contributed by atoms with E-state index in [2.05, 4.69) is 25.4 Å². The average Bonchev–Trinajstić information content (AvgIpc) is 2.87. The zero-order valence-electron chi connectivity index (χ0n) is 11.2. The molecule has 2 aromatic rings. The van der Waals surface area contributed by atoms with Gasteiger partial charge in [-0.25, -0.2) is 13.2 Å². The molecule has 0 fully saturated rings. The van der Waals surface area contributed by atoms with E-state index >= 15 is 0 Å². The van der Waals surface area contributed by atoms with Crippen LogP contribution in [-0.2, 0) is 14.8 Å². The third-order valence-electron chi connectivity index (χ3n) is 2.72. The van der Waals surface area contributed by atoms with Crippen molar-refractivity contribution >= 4 is 48.9 Å². The first-order chi connectivity index (χ1) is 9.85. The van der Waals surface area contributed by atoms with E-state index in [0.717, 1.165) is 11.3 Å². The second kappa shape index (κ2) is 6.17. The van der Waals surface area contributed by atoms with Crippen LogP contribution in [0, 0.1) is 6.92 Å². The van der Waals surface area contributed by atoms with E-state index in [1.807, 2.05) is 0 Å². The summed E-state index contributed by atoms with van der Waals surface area (Å²) >= 11 is 4.33. The van der Waals surface area contributed by atoms with Crippen molar-refractivity contribution in [3.63, 3.8) is 0 Å². The highest BCUT2D eigenvalue weighted by Crippen LogP contribution is 2.30. The number of carbonyl (C=O) groups excluding carboxylic acids is 1. The Morgan fingerprint density at radius 2 is 2.05 bits per heavy atom. The lowest BCUT2D eigenvalue weighted by atomic mass is 10.1. The van der Waals surface area contributed by atoms with Gasteiger partial charge in [-0.15, -0.1) is 11.3 Å². The number of anilines is 1. The van der Waals surface area contributed by atoms with Crippen molar-refractivity contribution < 1.29 is 17.9 Å². The molecule has 112 valence electrons. The lowest BCUT2D eigenvalue weighted by Gasteiger charge is -2.10. The molecule has 0 saturated heterocycles. The van der Waals surface area contributed by atoms with Gasteiger partial charge < -0.3 is 4.74 Å². The summed E-state index contributed by atoms with van der Waals surface area (Å²) in [6, 6.07) is 6.31. The molecule has 0 spiro atoms. The number of aryl methyl sites for hydroxylation is 1. The molecule has 0 unspecified atom stereocenters. The molecule has 0 aliphatic heterocycles. The largest absolute Gasteiger partial charge is 0.465 e. The molecule has 1 N–H and O–H groups in total. The zero-order valence-corrected chi connectivity index (χ0v) is 14.4. The Morgan fingerprint density at radius 3 is 2.57 bits per heavy atom. The van der Waals surface area contributed by atoms with E-state index in [4.69, 9.17) is 0 Å². The van der Waals surface area contributed by atoms with Gasteiger partial charge >= 0.3 is 5.97 Å². The van der Waals surface area contributed by atoms with Gasteiger partial charge in [0.1, 0.15) is 0 Å². The third-order valence-corrected chi connectivity index (χ3v) is 6.76. The molecular weight excluding hydrogens is 378 g/mol. The predicted molar refractivity (Wildman–Crippen MR) is 85.3 cm³/mol. The van der Waals surface area contributed by atoms with Gasteiger partial charge in [-0.2, -0.15) is 0 Å². The standard InChI is InChI=1S/C13H12BrNO4S2/c1-8-7-9(12(16)19-2)3-4-11(8)15-21(17,18)13-10(14)5-6-20-13/h3-7,15H,1-2H3. The number of benzene rings is 1. The number of hydrogen-bond acceptors (Lipinski definition) is 5. The minimum Gasteiger partial charge on any atom is -0.465 e.